The van der Waals surface area contributed by atoms with Crippen molar-refractivity contribution in [3.8, 4) is 11.5 Å². The number of benzene rings is 1. The van der Waals surface area contributed by atoms with Gasteiger partial charge in [-0.05, 0) is 24.3 Å². The van der Waals surface area contributed by atoms with Crippen molar-refractivity contribution in [3.63, 3.8) is 0 Å². The number of carbonyl (C=O) groups is 1. The molecule has 0 radical (unpaired) electrons. The molecule has 5 heteroatoms. The summed E-state index contributed by atoms with van der Waals surface area (Å²) in [5.74, 6) is 1.41. The molecule has 1 aromatic rings. The predicted octanol–water partition coefficient (Wildman–Crippen LogP) is 0.726. The van der Waals surface area contributed by atoms with Crippen molar-refractivity contribution in [3.05, 3.63) is 24.3 Å². The lowest BCUT2D eigenvalue weighted by Gasteiger charge is -2.15. The van der Waals surface area contributed by atoms with Crippen LogP contribution in [0, 0.1) is 0 Å². The first kappa shape index (κ1) is 9.79. The summed E-state index contributed by atoms with van der Waals surface area (Å²) in [6.07, 6.45) is 0.468. The van der Waals surface area contributed by atoms with Crippen LogP contribution in [-0.2, 0) is 4.79 Å². The quantitative estimate of drug-likeness (QED) is 0.795. The Hall–Kier alpha value is -1.75. The number of amides is 1. The minimum atomic E-state index is -0.0245. The zero-order valence-electron chi connectivity index (χ0n) is 8.40. The van der Waals surface area contributed by atoms with Crippen LogP contribution in [0.5, 0.6) is 11.5 Å². The summed E-state index contributed by atoms with van der Waals surface area (Å²) >= 11 is 0. The van der Waals surface area contributed by atoms with Gasteiger partial charge < -0.3 is 9.57 Å². The summed E-state index contributed by atoms with van der Waals surface area (Å²) in [7, 11) is 1.61. The van der Waals surface area contributed by atoms with Crippen molar-refractivity contribution < 1.29 is 14.4 Å². The van der Waals surface area contributed by atoms with Crippen LogP contribution >= 0.6 is 0 Å². The molecule has 0 bridgehead atoms. The molecule has 0 aromatic heterocycles. The molecule has 2 rings (SSSR count). The third kappa shape index (κ3) is 2.38. The minimum Gasteiger partial charge on any atom is -0.497 e. The number of hydroxylamine groups is 1. The largest absolute Gasteiger partial charge is 0.497 e. The van der Waals surface area contributed by atoms with Gasteiger partial charge in [-0.25, -0.2) is 0 Å². The van der Waals surface area contributed by atoms with Crippen molar-refractivity contribution in [1.82, 2.24) is 10.6 Å². The van der Waals surface area contributed by atoms with Crippen LogP contribution in [-0.4, -0.2) is 24.7 Å². The van der Waals surface area contributed by atoms with E-state index in [1.807, 2.05) is 0 Å². The van der Waals surface area contributed by atoms with E-state index in [2.05, 4.69) is 5.43 Å². The average Bonchev–Trinajstić information content (AvgIpc) is 2.65. The van der Waals surface area contributed by atoms with E-state index in [4.69, 9.17) is 9.57 Å². The maximum absolute atomic E-state index is 10.9. The van der Waals surface area contributed by atoms with Crippen LogP contribution in [0.4, 0.5) is 0 Å². The zero-order chi connectivity index (χ0) is 10.7. The molecule has 15 heavy (non-hydrogen) atoms. The summed E-state index contributed by atoms with van der Waals surface area (Å²) < 4.78 is 5.02. The standard InChI is InChI=1S/C10H12N2O3/c1-14-8-2-4-9(5-3-8)15-12-7-6-10(13)11-12/h2-5H,6-7H2,1H3,(H,11,13). The van der Waals surface area contributed by atoms with Gasteiger partial charge in [0.05, 0.1) is 13.7 Å². The van der Waals surface area contributed by atoms with E-state index < -0.39 is 0 Å². The highest BCUT2D eigenvalue weighted by Gasteiger charge is 2.19. The molecular weight excluding hydrogens is 196 g/mol. The number of hydrogen-bond donors (Lipinski definition) is 1. The molecule has 0 aliphatic carbocycles. The van der Waals surface area contributed by atoms with E-state index in [0.717, 1.165) is 5.75 Å². The predicted molar refractivity (Wildman–Crippen MR) is 53.1 cm³/mol. The van der Waals surface area contributed by atoms with Crippen LogP contribution < -0.4 is 15.0 Å². The molecular formula is C10H12N2O3. The van der Waals surface area contributed by atoms with Gasteiger partial charge in [-0.2, -0.15) is 0 Å². The van der Waals surface area contributed by atoms with E-state index in [9.17, 15) is 4.79 Å². The first-order valence-corrected chi connectivity index (χ1v) is 4.67. The van der Waals surface area contributed by atoms with E-state index in [0.29, 0.717) is 18.7 Å². The Kier molecular flexibility index (Phi) is 2.73. The maximum atomic E-state index is 10.9. The smallest absolute Gasteiger partial charge is 0.238 e. The Morgan fingerprint density at radius 2 is 1.93 bits per heavy atom. The molecule has 1 aliphatic heterocycles. The van der Waals surface area contributed by atoms with Crippen molar-refractivity contribution in [2.75, 3.05) is 13.7 Å². The third-order valence-corrected chi connectivity index (χ3v) is 2.07. The van der Waals surface area contributed by atoms with Gasteiger partial charge in [-0.1, -0.05) is 5.17 Å². The van der Waals surface area contributed by atoms with Crippen LogP contribution in [0.2, 0.25) is 0 Å². The number of hydrazine groups is 1. The van der Waals surface area contributed by atoms with Gasteiger partial charge in [-0.3, -0.25) is 10.2 Å². The molecule has 0 unspecified atom stereocenters. The summed E-state index contributed by atoms with van der Waals surface area (Å²) in [6, 6.07) is 7.16. The van der Waals surface area contributed by atoms with E-state index in [1.165, 1.54) is 5.17 Å². The van der Waals surface area contributed by atoms with Gasteiger partial charge >= 0.3 is 0 Å². The van der Waals surface area contributed by atoms with Crippen molar-refractivity contribution in [1.29, 1.82) is 0 Å². The number of rotatable bonds is 3. The number of nitrogens with zero attached hydrogens (tertiary/aromatic N) is 1. The normalized spacial score (nSPS) is 16.2. The number of methoxy groups -OCH3 is 1. The lowest BCUT2D eigenvalue weighted by Crippen LogP contribution is -2.35. The van der Waals surface area contributed by atoms with E-state index in [1.54, 1.807) is 31.4 Å². The van der Waals surface area contributed by atoms with Gasteiger partial charge in [0.1, 0.15) is 11.5 Å². The number of carbonyl (C=O) groups excluding carboxylic acids is 1. The van der Waals surface area contributed by atoms with Crippen LogP contribution in [0.3, 0.4) is 0 Å². The van der Waals surface area contributed by atoms with Crippen molar-refractivity contribution in [2.45, 2.75) is 6.42 Å². The molecule has 80 valence electrons. The highest BCUT2D eigenvalue weighted by molar-refractivity contribution is 5.77. The van der Waals surface area contributed by atoms with Gasteiger partial charge in [0, 0.05) is 6.42 Å². The van der Waals surface area contributed by atoms with Gasteiger partial charge in [0.15, 0.2) is 0 Å². The van der Waals surface area contributed by atoms with Gasteiger partial charge in [-0.15, -0.1) is 0 Å². The summed E-state index contributed by atoms with van der Waals surface area (Å²) in [5.41, 5.74) is 2.57. The fourth-order valence-electron chi connectivity index (χ4n) is 1.29. The second-order valence-corrected chi connectivity index (χ2v) is 3.15. The van der Waals surface area contributed by atoms with Crippen molar-refractivity contribution >= 4 is 5.91 Å². The first-order valence-electron chi connectivity index (χ1n) is 4.67. The molecule has 1 saturated heterocycles. The molecule has 0 atom stereocenters. The fraction of sp³-hybridized carbons (Fsp3) is 0.300. The summed E-state index contributed by atoms with van der Waals surface area (Å²) in [4.78, 5) is 16.3. The Bertz CT molecular complexity index is 350. The third-order valence-electron chi connectivity index (χ3n) is 2.07. The Morgan fingerprint density at radius 3 is 2.47 bits per heavy atom. The van der Waals surface area contributed by atoms with E-state index in [-0.39, 0.29) is 5.91 Å². The molecule has 1 heterocycles. The topological polar surface area (TPSA) is 50.8 Å². The SMILES string of the molecule is COc1ccc(ON2CCC(=O)N2)cc1. The van der Waals surface area contributed by atoms with Crippen molar-refractivity contribution in [2.24, 2.45) is 0 Å². The molecule has 0 saturated carbocycles. The lowest BCUT2D eigenvalue weighted by molar-refractivity contribution is -0.131. The van der Waals surface area contributed by atoms with E-state index >= 15 is 0 Å². The molecule has 1 N–H and O–H groups in total. The Morgan fingerprint density at radius 1 is 1.27 bits per heavy atom. The highest BCUT2D eigenvalue weighted by atomic mass is 16.7. The summed E-state index contributed by atoms with van der Waals surface area (Å²) in [6.45, 7) is 0.560. The molecule has 1 fully saturated rings. The number of nitrogens with one attached hydrogen (secondary N) is 1. The summed E-state index contributed by atoms with van der Waals surface area (Å²) in [5, 5.41) is 1.42. The molecule has 0 spiro atoms. The van der Waals surface area contributed by atoms with Gasteiger partial charge in [0.25, 0.3) is 0 Å². The second-order valence-electron chi connectivity index (χ2n) is 3.15. The van der Waals surface area contributed by atoms with Crippen LogP contribution in [0.15, 0.2) is 24.3 Å². The molecule has 5 nitrogen and oxygen atoms in total. The Labute approximate surface area is 87.5 Å². The fourth-order valence-corrected chi connectivity index (χ4v) is 1.29. The molecule has 1 amide bonds. The second kappa shape index (κ2) is 4.18. The van der Waals surface area contributed by atoms with Gasteiger partial charge in [0.2, 0.25) is 5.91 Å². The minimum absolute atomic E-state index is 0.0245. The van der Waals surface area contributed by atoms with Crippen LogP contribution in [0.1, 0.15) is 6.42 Å². The molecule has 1 aliphatic rings. The maximum Gasteiger partial charge on any atom is 0.238 e. The first-order chi connectivity index (χ1) is 7.28. The number of hydrogen-bond acceptors (Lipinski definition) is 4. The average molecular weight is 208 g/mol. The zero-order valence-corrected chi connectivity index (χ0v) is 8.40. The lowest BCUT2D eigenvalue weighted by atomic mass is 10.3. The molecule has 1 aromatic carbocycles. The highest BCUT2D eigenvalue weighted by Crippen LogP contribution is 2.18. The monoisotopic (exact) mass is 208 g/mol. The number of ether oxygens (including phenoxy) is 1. The Balaban J connectivity index is 1.96. The van der Waals surface area contributed by atoms with Crippen LogP contribution in [0.25, 0.3) is 0 Å².